The third-order valence-electron chi connectivity index (χ3n) is 4.05. The van der Waals surface area contributed by atoms with Crippen molar-refractivity contribution >= 4 is 17.5 Å². The maximum absolute atomic E-state index is 12.2. The molecule has 0 aliphatic carbocycles. The number of hydrogen-bond acceptors (Lipinski definition) is 2. The van der Waals surface area contributed by atoms with Crippen molar-refractivity contribution in [1.82, 2.24) is 5.32 Å². The van der Waals surface area contributed by atoms with Gasteiger partial charge in [-0.1, -0.05) is 35.4 Å². The number of ether oxygens (including phenoxy) is 1. The lowest BCUT2D eigenvalue weighted by Gasteiger charge is -2.17. The second-order valence-electron chi connectivity index (χ2n) is 6.31. The van der Waals surface area contributed by atoms with E-state index in [1.165, 1.54) is 11.1 Å². The average molecular weight is 346 g/mol. The van der Waals surface area contributed by atoms with Gasteiger partial charge in [0, 0.05) is 5.02 Å². The SMILES string of the molecule is Cc1ccc(C(C)NC(=O)COc2cc(C)c(Cl)c(C)c2)c(C)c1. The summed E-state index contributed by atoms with van der Waals surface area (Å²) in [5, 5.41) is 3.71. The lowest BCUT2D eigenvalue weighted by Crippen LogP contribution is -2.31. The molecule has 4 heteroatoms. The highest BCUT2D eigenvalue weighted by Crippen LogP contribution is 2.26. The molecule has 3 nitrogen and oxygen atoms in total. The molecule has 2 aromatic rings. The van der Waals surface area contributed by atoms with Gasteiger partial charge in [0.2, 0.25) is 0 Å². The highest BCUT2D eigenvalue weighted by molar-refractivity contribution is 6.32. The van der Waals surface area contributed by atoms with E-state index in [0.717, 1.165) is 21.7 Å². The van der Waals surface area contributed by atoms with Crippen LogP contribution >= 0.6 is 11.6 Å². The Morgan fingerprint density at radius 1 is 1.08 bits per heavy atom. The minimum absolute atomic E-state index is 0.0181. The molecule has 24 heavy (non-hydrogen) atoms. The van der Waals surface area contributed by atoms with E-state index in [1.54, 1.807) is 0 Å². The predicted molar refractivity (Wildman–Crippen MR) is 98.9 cm³/mol. The first kappa shape index (κ1) is 18.3. The molecular formula is C20H24ClNO2. The number of hydrogen-bond donors (Lipinski definition) is 1. The van der Waals surface area contributed by atoms with Gasteiger partial charge in [-0.2, -0.15) is 0 Å². The fourth-order valence-electron chi connectivity index (χ4n) is 2.81. The number of benzene rings is 2. The van der Waals surface area contributed by atoms with Crippen LogP contribution in [0.3, 0.4) is 0 Å². The molecule has 1 amide bonds. The van der Waals surface area contributed by atoms with E-state index in [2.05, 4.69) is 37.4 Å². The molecule has 0 aliphatic heterocycles. The average Bonchev–Trinajstić information content (AvgIpc) is 2.50. The van der Waals surface area contributed by atoms with Crippen LogP contribution in [0.5, 0.6) is 5.75 Å². The summed E-state index contributed by atoms with van der Waals surface area (Å²) in [5.41, 5.74) is 5.39. The van der Waals surface area contributed by atoms with Gasteiger partial charge in [0.25, 0.3) is 5.91 Å². The Labute approximate surface area is 149 Å². The Morgan fingerprint density at radius 2 is 1.71 bits per heavy atom. The van der Waals surface area contributed by atoms with Crippen LogP contribution < -0.4 is 10.1 Å². The van der Waals surface area contributed by atoms with Crippen molar-refractivity contribution in [3.8, 4) is 5.75 Å². The lowest BCUT2D eigenvalue weighted by molar-refractivity contribution is -0.123. The molecule has 1 unspecified atom stereocenters. The van der Waals surface area contributed by atoms with Crippen molar-refractivity contribution in [3.63, 3.8) is 0 Å². The largest absolute Gasteiger partial charge is 0.484 e. The molecule has 0 saturated carbocycles. The van der Waals surface area contributed by atoms with Gasteiger partial charge in [-0.05, 0) is 69.0 Å². The molecule has 128 valence electrons. The van der Waals surface area contributed by atoms with Crippen molar-refractivity contribution in [2.45, 2.75) is 40.7 Å². The van der Waals surface area contributed by atoms with E-state index in [4.69, 9.17) is 16.3 Å². The summed E-state index contributed by atoms with van der Waals surface area (Å²) in [5.74, 6) is 0.511. The van der Waals surface area contributed by atoms with E-state index < -0.39 is 0 Å². The fraction of sp³-hybridized carbons (Fsp3) is 0.350. The molecule has 1 N–H and O–H groups in total. The summed E-state index contributed by atoms with van der Waals surface area (Å²) >= 11 is 6.14. The Bertz CT molecular complexity index is 732. The normalized spacial score (nSPS) is 11.9. The van der Waals surface area contributed by atoms with Crippen molar-refractivity contribution in [3.05, 3.63) is 63.2 Å². The van der Waals surface area contributed by atoms with Gasteiger partial charge in [-0.3, -0.25) is 4.79 Å². The van der Waals surface area contributed by atoms with E-state index >= 15 is 0 Å². The van der Waals surface area contributed by atoms with Crippen LogP contribution in [0.15, 0.2) is 30.3 Å². The summed E-state index contributed by atoms with van der Waals surface area (Å²) in [6, 6.07) is 9.86. The van der Waals surface area contributed by atoms with E-state index in [-0.39, 0.29) is 18.6 Å². The Kier molecular flexibility index (Phi) is 5.89. The van der Waals surface area contributed by atoms with Gasteiger partial charge in [0.1, 0.15) is 5.75 Å². The van der Waals surface area contributed by atoms with Crippen LogP contribution in [0.2, 0.25) is 5.02 Å². The smallest absolute Gasteiger partial charge is 0.258 e. The number of aryl methyl sites for hydroxylation is 4. The Morgan fingerprint density at radius 3 is 2.29 bits per heavy atom. The van der Waals surface area contributed by atoms with Crippen LogP contribution in [-0.4, -0.2) is 12.5 Å². The van der Waals surface area contributed by atoms with Gasteiger partial charge in [-0.25, -0.2) is 0 Å². The minimum Gasteiger partial charge on any atom is -0.484 e. The molecule has 0 fully saturated rings. The van der Waals surface area contributed by atoms with Crippen molar-refractivity contribution in [2.75, 3.05) is 6.61 Å². The standard InChI is InChI=1S/C20H24ClNO2/c1-12-6-7-18(13(2)8-12)16(5)22-19(23)11-24-17-9-14(3)20(21)15(4)10-17/h6-10,16H,11H2,1-5H3,(H,22,23). The topological polar surface area (TPSA) is 38.3 Å². The maximum Gasteiger partial charge on any atom is 0.258 e. The molecule has 1 atom stereocenters. The molecule has 0 radical (unpaired) electrons. The number of carbonyl (C=O) groups excluding carboxylic acids is 1. The number of carbonyl (C=O) groups is 1. The molecular weight excluding hydrogens is 322 g/mol. The van der Waals surface area contributed by atoms with Crippen LogP contribution in [0.1, 0.15) is 40.8 Å². The third-order valence-corrected chi connectivity index (χ3v) is 4.65. The van der Waals surface area contributed by atoms with E-state index in [9.17, 15) is 4.79 Å². The Hall–Kier alpha value is -2.00. The minimum atomic E-state index is -0.146. The zero-order valence-corrected chi connectivity index (χ0v) is 15.6. The second-order valence-corrected chi connectivity index (χ2v) is 6.69. The molecule has 0 heterocycles. The van der Waals surface area contributed by atoms with Gasteiger partial charge < -0.3 is 10.1 Å². The van der Waals surface area contributed by atoms with Crippen molar-refractivity contribution < 1.29 is 9.53 Å². The highest BCUT2D eigenvalue weighted by Gasteiger charge is 2.13. The summed E-state index contributed by atoms with van der Waals surface area (Å²) in [7, 11) is 0. The highest BCUT2D eigenvalue weighted by atomic mass is 35.5. The third kappa shape index (κ3) is 4.51. The van der Waals surface area contributed by atoms with Gasteiger partial charge in [0.05, 0.1) is 6.04 Å². The fourth-order valence-corrected chi connectivity index (χ4v) is 2.92. The van der Waals surface area contributed by atoms with Gasteiger partial charge in [-0.15, -0.1) is 0 Å². The first-order valence-corrected chi connectivity index (χ1v) is 8.41. The van der Waals surface area contributed by atoms with E-state index in [1.807, 2.05) is 32.9 Å². The molecule has 0 saturated heterocycles. The van der Waals surface area contributed by atoms with Crippen molar-refractivity contribution in [1.29, 1.82) is 0 Å². The predicted octanol–water partition coefficient (Wildman–Crippen LogP) is 4.83. The molecule has 0 spiro atoms. The Balaban J connectivity index is 1.96. The van der Waals surface area contributed by atoms with Crippen LogP contribution in [0, 0.1) is 27.7 Å². The van der Waals surface area contributed by atoms with Crippen molar-refractivity contribution in [2.24, 2.45) is 0 Å². The number of halogens is 1. The molecule has 0 bridgehead atoms. The molecule has 2 aromatic carbocycles. The summed E-state index contributed by atoms with van der Waals surface area (Å²) in [6.45, 7) is 9.92. The summed E-state index contributed by atoms with van der Waals surface area (Å²) < 4.78 is 5.60. The zero-order valence-electron chi connectivity index (χ0n) is 14.9. The zero-order chi connectivity index (χ0) is 17.9. The molecule has 0 aromatic heterocycles. The number of nitrogens with one attached hydrogen (secondary N) is 1. The second kappa shape index (κ2) is 7.71. The first-order valence-electron chi connectivity index (χ1n) is 8.04. The van der Waals surface area contributed by atoms with E-state index in [0.29, 0.717) is 5.75 Å². The number of rotatable bonds is 5. The van der Waals surface area contributed by atoms with Crippen LogP contribution in [-0.2, 0) is 4.79 Å². The number of amides is 1. The summed E-state index contributed by atoms with van der Waals surface area (Å²) in [4.78, 5) is 12.2. The van der Waals surface area contributed by atoms with Crippen LogP contribution in [0.4, 0.5) is 0 Å². The summed E-state index contributed by atoms with van der Waals surface area (Å²) in [6.07, 6.45) is 0. The van der Waals surface area contributed by atoms with Gasteiger partial charge in [0.15, 0.2) is 6.61 Å². The quantitative estimate of drug-likeness (QED) is 0.842. The first-order chi connectivity index (χ1) is 11.3. The monoisotopic (exact) mass is 345 g/mol. The van der Waals surface area contributed by atoms with Crippen LogP contribution in [0.25, 0.3) is 0 Å². The lowest BCUT2D eigenvalue weighted by atomic mass is 10.0. The maximum atomic E-state index is 12.2. The molecule has 2 rings (SSSR count). The molecule has 0 aliphatic rings. The van der Waals surface area contributed by atoms with Gasteiger partial charge >= 0.3 is 0 Å².